The Kier molecular flexibility index (Phi) is 5.75. The van der Waals surface area contributed by atoms with Crippen molar-refractivity contribution >= 4 is 11.9 Å². The van der Waals surface area contributed by atoms with Gasteiger partial charge in [0.15, 0.2) is 0 Å². The van der Waals surface area contributed by atoms with Gasteiger partial charge in [0.1, 0.15) is 5.54 Å². The standard InChI is InChI=1S/C13H24N2O4/c1-13(2,12(17)18)14(3)6-4-5-11(16)15-7-9-19-10-8-15/h4-10H2,1-3H3,(H,17,18). The van der Waals surface area contributed by atoms with Crippen LogP contribution in [0.2, 0.25) is 0 Å². The Morgan fingerprint density at radius 2 is 1.89 bits per heavy atom. The molecular weight excluding hydrogens is 248 g/mol. The molecule has 1 fully saturated rings. The van der Waals surface area contributed by atoms with E-state index >= 15 is 0 Å². The summed E-state index contributed by atoms with van der Waals surface area (Å²) in [7, 11) is 1.77. The average molecular weight is 272 g/mol. The Bertz CT molecular complexity index is 325. The number of rotatable bonds is 6. The molecule has 1 rings (SSSR count). The molecule has 0 aliphatic carbocycles. The van der Waals surface area contributed by atoms with E-state index in [0.29, 0.717) is 45.7 Å². The molecule has 0 bridgehead atoms. The van der Waals surface area contributed by atoms with E-state index in [-0.39, 0.29) is 5.91 Å². The van der Waals surface area contributed by atoms with Crippen molar-refractivity contribution in [2.75, 3.05) is 39.9 Å². The van der Waals surface area contributed by atoms with Gasteiger partial charge >= 0.3 is 5.97 Å². The molecule has 1 aliphatic heterocycles. The maximum absolute atomic E-state index is 11.9. The molecule has 0 radical (unpaired) electrons. The maximum atomic E-state index is 11.9. The lowest BCUT2D eigenvalue weighted by Crippen LogP contribution is -2.48. The summed E-state index contributed by atoms with van der Waals surface area (Å²) in [4.78, 5) is 26.6. The second kappa shape index (κ2) is 6.86. The highest BCUT2D eigenvalue weighted by atomic mass is 16.5. The van der Waals surface area contributed by atoms with E-state index in [9.17, 15) is 9.59 Å². The smallest absolute Gasteiger partial charge is 0.323 e. The minimum absolute atomic E-state index is 0.129. The highest BCUT2D eigenvalue weighted by molar-refractivity contribution is 5.77. The van der Waals surface area contributed by atoms with Gasteiger partial charge in [0.05, 0.1) is 13.2 Å². The maximum Gasteiger partial charge on any atom is 0.323 e. The van der Waals surface area contributed by atoms with Crippen LogP contribution in [0.3, 0.4) is 0 Å². The number of carbonyl (C=O) groups is 2. The van der Waals surface area contributed by atoms with Gasteiger partial charge in [-0.25, -0.2) is 0 Å². The van der Waals surface area contributed by atoms with E-state index in [1.54, 1.807) is 25.8 Å². The van der Waals surface area contributed by atoms with Crippen LogP contribution in [0.5, 0.6) is 0 Å². The lowest BCUT2D eigenvalue weighted by atomic mass is 10.0. The monoisotopic (exact) mass is 272 g/mol. The number of nitrogens with zero attached hydrogens (tertiary/aromatic N) is 2. The zero-order valence-corrected chi connectivity index (χ0v) is 12.0. The average Bonchev–Trinajstić information content (AvgIpc) is 2.39. The van der Waals surface area contributed by atoms with E-state index in [1.807, 2.05) is 4.90 Å². The van der Waals surface area contributed by atoms with Gasteiger partial charge in [-0.2, -0.15) is 0 Å². The predicted octanol–water partition coefficient (Wildman–Crippen LogP) is 0.420. The number of amides is 1. The molecule has 0 aromatic rings. The molecule has 0 saturated carbocycles. The number of hydrogen-bond donors (Lipinski definition) is 1. The summed E-state index contributed by atoms with van der Waals surface area (Å²) < 4.78 is 5.20. The first kappa shape index (κ1) is 15.9. The van der Waals surface area contributed by atoms with Gasteiger partial charge in [0.25, 0.3) is 0 Å². The van der Waals surface area contributed by atoms with Crippen molar-refractivity contribution in [1.82, 2.24) is 9.80 Å². The van der Waals surface area contributed by atoms with Gasteiger partial charge in [-0.1, -0.05) is 0 Å². The molecule has 19 heavy (non-hydrogen) atoms. The quantitative estimate of drug-likeness (QED) is 0.759. The zero-order chi connectivity index (χ0) is 14.5. The third kappa shape index (κ3) is 4.47. The van der Waals surface area contributed by atoms with Gasteiger partial charge in [-0.15, -0.1) is 0 Å². The van der Waals surface area contributed by atoms with Crippen LogP contribution in [0.1, 0.15) is 26.7 Å². The van der Waals surface area contributed by atoms with Crippen LogP contribution in [-0.4, -0.2) is 72.2 Å². The molecule has 1 heterocycles. The molecule has 1 saturated heterocycles. The van der Waals surface area contributed by atoms with Crippen LogP contribution in [0.15, 0.2) is 0 Å². The summed E-state index contributed by atoms with van der Waals surface area (Å²) >= 11 is 0. The highest BCUT2D eigenvalue weighted by Crippen LogP contribution is 2.13. The van der Waals surface area contributed by atoms with E-state index in [0.717, 1.165) is 0 Å². The minimum Gasteiger partial charge on any atom is -0.480 e. The van der Waals surface area contributed by atoms with Crippen molar-refractivity contribution in [2.45, 2.75) is 32.2 Å². The van der Waals surface area contributed by atoms with Gasteiger partial charge in [0, 0.05) is 19.5 Å². The lowest BCUT2D eigenvalue weighted by Gasteiger charge is -2.32. The first-order chi connectivity index (χ1) is 8.85. The number of carboxylic acids is 1. The second-order valence-electron chi connectivity index (χ2n) is 5.38. The fraction of sp³-hybridized carbons (Fsp3) is 0.846. The largest absolute Gasteiger partial charge is 0.480 e. The van der Waals surface area contributed by atoms with Crippen LogP contribution in [0.25, 0.3) is 0 Å². The molecule has 1 amide bonds. The Labute approximate surface area is 114 Å². The van der Waals surface area contributed by atoms with Crippen LogP contribution in [0, 0.1) is 0 Å². The molecular formula is C13H24N2O4. The summed E-state index contributed by atoms with van der Waals surface area (Å²) in [6.45, 7) is 6.47. The summed E-state index contributed by atoms with van der Waals surface area (Å²) in [5, 5.41) is 9.09. The number of morpholine rings is 1. The van der Waals surface area contributed by atoms with Crippen molar-refractivity contribution in [3.05, 3.63) is 0 Å². The molecule has 0 spiro atoms. The van der Waals surface area contributed by atoms with E-state index in [1.165, 1.54) is 0 Å². The topological polar surface area (TPSA) is 70.1 Å². The number of hydrogen-bond acceptors (Lipinski definition) is 4. The number of aliphatic carboxylic acids is 1. The molecule has 1 aliphatic rings. The Hall–Kier alpha value is -1.14. The molecule has 0 unspecified atom stereocenters. The molecule has 110 valence electrons. The highest BCUT2D eigenvalue weighted by Gasteiger charge is 2.31. The number of likely N-dealkylation sites (N-methyl/N-ethyl adjacent to an activating group) is 1. The van der Waals surface area contributed by atoms with Crippen molar-refractivity contribution in [2.24, 2.45) is 0 Å². The fourth-order valence-electron chi connectivity index (χ4n) is 1.88. The van der Waals surface area contributed by atoms with E-state index in [2.05, 4.69) is 0 Å². The third-order valence-corrected chi connectivity index (χ3v) is 3.73. The van der Waals surface area contributed by atoms with Crippen molar-refractivity contribution in [3.63, 3.8) is 0 Å². The summed E-state index contributed by atoms with van der Waals surface area (Å²) in [6.07, 6.45) is 1.13. The minimum atomic E-state index is -0.901. The van der Waals surface area contributed by atoms with Gasteiger partial charge in [0.2, 0.25) is 5.91 Å². The Balaban J connectivity index is 2.29. The molecule has 6 nitrogen and oxygen atoms in total. The summed E-state index contributed by atoms with van der Waals surface area (Å²) in [5.74, 6) is -0.723. The number of ether oxygens (including phenoxy) is 1. The van der Waals surface area contributed by atoms with Gasteiger partial charge in [-0.3, -0.25) is 14.5 Å². The van der Waals surface area contributed by atoms with Crippen molar-refractivity contribution < 1.29 is 19.4 Å². The lowest BCUT2D eigenvalue weighted by molar-refractivity contribution is -0.148. The SMILES string of the molecule is CN(CCCC(=O)N1CCOCC1)C(C)(C)C(=O)O. The van der Waals surface area contributed by atoms with Crippen molar-refractivity contribution in [3.8, 4) is 0 Å². The zero-order valence-electron chi connectivity index (χ0n) is 12.0. The molecule has 0 aromatic carbocycles. The van der Waals surface area contributed by atoms with E-state index in [4.69, 9.17) is 9.84 Å². The molecule has 0 atom stereocenters. The van der Waals surface area contributed by atoms with Crippen LogP contribution >= 0.6 is 0 Å². The first-order valence-corrected chi connectivity index (χ1v) is 6.66. The Morgan fingerprint density at radius 1 is 1.32 bits per heavy atom. The van der Waals surface area contributed by atoms with Crippen LogP contribution in [0.4, 0.5) is 0 Å². The number of carbonyl (C=O) groups excluding carboxylic acids is 1. The van der Waals surface area contributed by atoms with Crippen molar-refractivity contribution in [1.29, 1.82) is 0 Å². The normalized spacial score (nSPS) is 16.7. The van der Waals surface area contributed by atoms with E-state index < -0.39 is 11.5 Å². The second-order valence-corrected chi connectivity index (χ2v) is 5.38. The molecule has 1 N–H and O–H groups in total. The molecule has 0 aromatic heterocycles. The third-order valence-electron chi connectivity index (χ3n) is 3.73. The Morgan fingerprint density at radius 3 is 2.42 bits per heavy atom. The summed E-state index contributed by atoms with van der Waals surface area (Å²) in [5.41, 5.74) is -0.901. The predicted molar refractivity (Wildman–Crippen MR) is 71.0 cm³/mol. The van der Waals surface area contributed by atoms with Crippen LogP contribution in [-0.2, 0) is 14.3 Å². The summed E-state index contributed by atoms with van der Waals surface area (Å²) in [6, 6.07) is 0. The van der Waals surface area contributed by atoms with Crippen LogP contribution < -0.4 is 0 Å². The molecule has 6 heteroatoms. The van der Waals surface area contributed by atoms with Gasteiger partial charge in [-0.05, 0) is 33.9 Å². The first-order valence-electron chi connectivity index (χ1n) is 6.66. The number of carboxylic acid groups (broad SMARTS) is 1. The fourth-order valence-corrected chi connectivity index (χ4v) is 1.88. The van der Waals surface area contributed by atoms with Gasteiger partial charge < -0.3 is 14.7 Å².